The highest BCUT2D eigenvalue weighted by molar-refractivity contribution is 5.20. The fraction of sp³-hybridized carbons (Fsp3) is 0.538. The number of aryl methyl sites for hydroxylation is 2. The molecule has 0 atom stereocenters. The van der Waals surface area contributed by atoms with E-state index in [2.05, 4.69) is 20.2 Å². The number of rotatable bonds is 3. The van der Waals surface area contributed by atoms with E-state index in [1.54, 1.807) is 13.0 Å². The molecular weight excluding hydrogens is 258 g/mol. The molecule has 0 N–H and O–H groups in total. The molecule has 0 aliphatic carbocycles. The average Bonchev–Trinajstić information content (AvgIpc) is 2.83. The molecule has 1 aliphatic heterocycles. The van der Waals surface area contributed by atoms with Crippen LogP contribution in [0.15, 0.2) is 15.3 Å². The highest BCUT2D eigenvalue weighted by Crippen LogP contribution is 2.17. The Morgan fingerprint density at radius 2 is 2.25 bits per heavy atom. The Bertz CT molecular complexity index is 676. The van der Waals surface area contributed by atoms with E-state index in [1.165, 1.54) is 4.68 Å². The molecule has 7 nitrogen and oxygen atoms in total. The SMILES string of the molecule is CCn1nc2c(cc1=O)CN(Cc1nnc(C)o1)CC2. The Morgan fingerprint density at radius 1 is 1.40 bits per heavy atom. The van der Waals surface area contributed by atoms with Crippen molar-refractivity contribution in [3.8, 4) is 0 Å². The van der Waals surface area contributed by atoms with Gasteiger partial charge in [0.25, 0.3) is 5.56 Å². The first kappa shape index (κ1) is 13.0. The third-order valence-corrected chi connectivity index (χ3v) is 3.45. The maximum absolute atomic E-state index is 11.8. The molecule has 0 radical (unpaired) electrons. The number of aromatic nitrogens is 4. The summed E-state index contributed by atoms with van der Waals surface area (Å²) in [5.74, 6) is 1.19. The molecule has 0 saturated heterocycles. The van der Waals surface area contributed by atoms with Gasteiger partial charge in [-0.2, -0.15) is 5.10 Å². The smallest absolute Gasteiger partial charge is 0.267 e. The van der Waals surface area contributed by atoms with Crippen LogP contribution in [0.1, 0.15) is 30.0 Å². The Morgan fingerprint density at radius 3 is 2.95 bits per heavy atom. The van der Waals surface area contributed by atoms with E-state index >= 15 is 0 Å². The Balaban J connectivity index is 1.78. The molecule has 0 bridgehead atoms. The minimum Gasteiger partial charge on any atom is -0.424 e. The maximum Gasteiger partial charge on any atom is 0.267 e. The molecule has 0 fully saturated rings. The van der Waals surface area contributed by atoms with Crippen molar-refractivity contribution < 1.29 is 4.42 Å². The van der Waals surface area contributed by atoms with Crippen molar-refractivity contribution in [1.82, 2.24) is 24.9 Å². The van der Waals surface area contributed by atoms with Gasteiger partial charge in [0.05, 0.1) is 12.2 Å². The molecule has 0 unspecified atom stereocenters. The second-order valence-electron chi connectivity index (χ2n) is 4.95. The van der Waals surface area contributed by atoms with Crippen molar-refractivity contribution in [2.45, 2.75) is 39.9 Å². The summed E-state index contributed by atoms with van der Waals surface area (Å²) in [5.41, 5.74) is 1.98. The number of fused-ring (bicyclic) bond motifs is 1. The van der Waals surface area contributed by atoms with E-state index in [0.717, 1.165) is 24.2 Å². The number of nitrogens with zero attached hydrogens (tertiary/aromatic N) is 5. The quantitative estimate of drug-likeness (QED) is 0.812. The van der Waals surface area contributed by atoms with E-state index in [1.807, 2.05) is 6.92 Å². The van der Waals surface area contributed by atoms with E-state index in [9.17, 15) is 4.79 Å². The van der Waals surface area contributed by atoms with Gasteiger partial charge in [-0.3, -0.25) is 9.69 Å². The van der Waals surface area contributed by atoms with Crippen molar-refractivity contribution in [3.63, 3.8) is 0 Å². The van der Waals surface area contributed by atoms with Gasteiger partial charge in [0.15, 0.2) is 0 Å². The lowest BCUT2D eigenvalue weighted by atomic mass is 10.1. The van der Waals surface area contributed by atoms with Crippen molar-refractivity contribution in [3.05, 3.63) is 39.5 Å². The third kappa shape index (κ3) is 2.49. The molecule has 2 aromatic heterocycles. The summed E-state index contributed by atoms with van der Waals surface area (Å²) in [4.78, 5) is 14.0. The van der Waals surface area contributed by atoms with Crippen molar-refractivity contribution >= 4 is 0 Å². The summed E-state index contributed by atoms with van der Waals surface area (Å²) in [5, 5.41) is 12.2. The van der Waals surface area contributed by atoms with Crippen molar-refractivity contribution in [2.75, 3.05) is 6.54 Å². The van der Waals surface area contributed by atoms with Crippen LogP contribution in [0, 0.1) is 6.92 Å². The molecule has 3 rings (SSSR count). The van der Waals surface area contributed by atoms with Crippen LogP contribution in [0.2, 0.25) is 0 Å². The monoisotopic (exact) mass is 275 g/mol. The topological polar surface area (TPSA) is 77.1 Å². The first-order valence-electron chi connectivity index (χ1n) is 6.77. The van der Waals surface area contributed by atoms with Crippen LogP contribution in [0.25, 0.3) is 0 Å². The molecule has 3 heterocycles. The predicted molar refractivity (Wildman–Crippen MR) is 71.0 cm³/mol. The Hall–Kier alpha value is -2.02. The fourth-order valence-electron chi connectivity index (χ4n) is 2.45. The van der Waals surface area contributed by atoms with E-state index in [4.69, 9.17) is 4.42 Å². The largest absolute Gasteiger partial charge is 0.424 e. The van der Waals surface area contributed by atoms with Crippen LogP contribution >= 0.6 is 0 Å². The molecule has 2 aromatic rings. The number of hydrogen-bond acceptors (Lipinski definition) is 6. The van der Waals surface area contributed by atoms with E-state index < -0.39 is 0 Å². The van der Waals surface area contributed by atoms with Crippen LogP contribution in [-0.4, -0.2) is 31.4 Å². The van der Waals surface area contributed by atoms with E-state index in [0.29, 0.717) is 31.4 Å². The Kier molecular flexibility index (Phi) is 3.35. The van der Waals surface area contributed by atoms with Gasteiger partial charge in [0.1, 0.15) is 0 Å². The number of hydrogen-bond donors (Lipinski definition) is 0. The standard InChI is InChI=1S/C13H17N5O2/c1-3-18-13(19)6-10-7-17(5-4-11(10)16-18)8-12-15-14-9(2)20-12/h6H,3-5,7-8H2,1-2H3. The third-order valence-electron chi connectivity index (χ3n) is 3.45. The molecular formula is C13H17N5O2. The van der Waals surface area contributed by atoms with Crippen LogP contribution in [0.3, 0.4) is 0 Å². The second-order valence-corrected chi connectivity index (χ2v) is 4.95. The van der Waals surface area contributed by atoms with Gasteiger partial charge in [-0.25, -0.2) is 4.68 Å². The zero-order chi connectivity index (χ0) is 14.1. The molecule has 1 aliphatic rings. The van der Waals surface area contributed by atoms with Crippen molar-refractivity contribution in [2.24, 2.45) is 0 Å². The first-order valence-corrected chi connectivity index (χ1v) is 6.77. The Labute approximate surface area is 116 Å². The van der Waals surface area contributed by atoms with Gasteiger partial charge in [-0.15, -0.1) is 10.2 Å². The average molecular weight is 275 g/mol. The van der Waals surface area contributed by atoms with Gasteiger partial charge in [-0.1, -0.05) is 0 Å². The molecule has 20 heavy (non-hydrogen) atoms. The highest BCUT2D eigenvalue weighted by Gasteiger charge is 2.20. The molecule has 106 valence electrons. The van der Waals surface area contributed by atoms with Crippen LogP contribution < -0.4 is 5.56 Å². The van der Waals surface area contributed by atoms with Gasteiger partial charge in [0.2, 0.25) is 11.8 Å². The molecule has 0 aromatic carbocycles. The minimum atomic E-state index is -0.0401. The zero-order valence-electron chi connectivity index (χ0n) is 11.7. The lowest BCUT2D eigenvalue weighted by molar-refractivity contribution is 0.216. The molecule has 0 saturated carbocycles. The van der Waals surface area contributed by atoms with Gasteiger partial charge in [0, 0.05) is 39.0 Å². The summed E-state index contributed by atoms with van der Waals surface area (Å²) >= 11 is 0. The van der Waals surface area contributed by atoms with Gasteiger partial charge < -0.3 is 4.42 Å². The van der Waals surface area contributed by atoms with Crippen molar-refractivity contribution in [1.29, 1.82) is 0 Å². The second kappa shape index (κ2) is 5.16. The minimum absolute atomic E-state index is 0.0401. The lowest BCUT2D eigenvalue weighted by Gasteiger charge is -2.26. The van der Waals surface area contributed by atoms with Crippen LogP contribution in [-0.2, 0) is 26.1 Å². The summed E-state index contributed by atoms with van der Waals surface area (Å²) in [7, 11) is 0. The molecule has 0 spiro atoms. The normalized spacial score (nSPS) is 15.3. The maximum atomic E-state index is 11.8. The van der Waals surface area contributed by atoms with Gasteiger partial charge in [-0.05, 0) is 12.5 Å². The lowest BCUT2D eigenvalue weighted by Crippen LogP contribution is -2.34. The fourth-order valence-corrected chi connectivity index (χ4v) is 2.45. The summed E-state index contributed by atoms with van der Waals surface area (Å²) < 4.78 is 6.90. The summed E-state index contributed by atoms with van der Waals surface area (Å²) in [6, 6.07) is 1.69. The van der Waals surface area contributed by atoms with Crippen LogP contribution in [0.4, 0.5) is 0 Å². The summed E-state index contributed by atoms with van der Waals surface area (Å²) in [6.45, 7) is 6.49. The molecule has 7 heteroatoms. The van der Waals surface area contributed by atoms with E-state index in [-0.39, 0.29) is 5.56 Å². The molecule has 0 amide bonds. The first-order chi connectivity index (χ1) is 9.65. The van der Waals surface area contributed by atoms with Gasteiger partial charge >= 0.3 is 0 Å². The highest BCUT2D eigenvalue weighted by atomic mass is 16.4. The zero-order valence-corrected chi connectivity index (χ0v) is 11.7. The predicted octanol–water partition coefficient (Wildman–Crippen LogP) is 0.513. The summed E-state index contributed by atoms with van der Waals surface area (Å²) in [6.07, 6.45) is 0.836. The van der Waals surface area contributed by atoms with Crippen LogP contribution in [0.5, 0.6) is 0 Å².